The lowest BCUT2D eigenvalue weighted by molar-refractivity contribution is -0.0212. The molecule has 2 atom stereocenters. The van der Waals surface area contributed by atoms with Gasteiger partial charge in [0.05, 0.1) is 25.0 Å². The number of hydrogen-bond acceptors (Lipinski definition) is 6. The maximum absolute atomic E-state index is 6.50. The number of fused-ring (bicyclic) bond motifs is 3. The lowest BCUT2D eigenvalue weighted by atomic mass is 9.95. The summed E-state index contributed by atoms with van der Waals surface area (Å²) in [5.74, 6) is 2.44. The predicted molar refractivity (Wildman–Crippen MR) is 119 cm³/mol. The number of nitrogens with zero attached hydrogens (tertiary/aromatic N) is 3. The molecule has 0 N–H and O–H groups in total. The van der Waals surface area contributed by atoms with Crippen molar-refractivity contribution in [1.29, 1.82) is 0 Å². The van der Waals surface area contributed by atoms with Crippen molar-refractivity contribution in [2.24, 2.45) is 5.10 Å². The molecule has 158 valence electrons. The van der Waals surface area contributed by atoms with Crippen molar-refractivity contribution < 1.29 is 14.2 Å². The van der Waals surface area contributed by atoms with Gasteiger partial charge in [0, 0.05) is 29.9 Å². The van der Waals surface area contributed by atoms with Gasteiger partial charge in [-0.3, -0.25) is 4.98 Å². The Labute approximate surface area is 182 Å². The number of pyridine rings is 1. The number of benzene rings is 2. The zero-order chi connectivity index (χ0) is 21.2. The number of hydrogen-bond donors (Lipinski definition) is 0. The molecule has 1 aromatic heterocycles. The molecule has 2 aliphatic rings. The van der Waals surface area contributed by atoms with Crippen LogP contribution >= 0.6 is 0 Å². The smallest absolute Gasteiger partial charge is 0.214 e. The Morgan fingerprint density at radius 3 is 2.48 bits per heavy atom. The molecule has 0 fully saturated rings. The van der Waals surface area contributed by atoms with E-state index in [1.807, 2.05) is 50.2 Å². The zero-order valence-corrected chi connectivity index (χ0v) is 17.7. The third-order valence-corrected chi connectivity index (χ3v) is 5.57. The average molecular weight is 415 g/mol. The summed E-state index contributed by atoms with van der Waals surface area (Å²) in [6, 6.07) is 18.2. The van der Waals surface area contributed by atoms with Crippen molar-refractivity contribution in [2.45, 2.75) is 32.5 Å². The zero-order valence-electron chi connectivity index (χ0n) is 17.7. The van der Waals surface area contributed by atoms with Gasteiger partial charge in [-0.05, 0) is 61.9 Å². The summed E-state index contributed by atoms with van der Waals surface area (Å²) in [6.45, 7) is 5.21. The Hall–Kier alpha value is -3.54. The van der Waals surface area contributed by atoms with E-state index in [9.17, 15) is 0 Å². The maximum atomic E-state index is 6.50. The van der Waals surface area contributed by atoms with E-state index in [-0.39, 0.29) is 12.3 Å². The molecule has 0 amide bonds. The molecule has 3 aromatic rings. The van der Waals surface area contributed by atoms with E-state index in [1.54, 1.807) is 12.4 Å². The highest BCUT2D eigenvalue weighted by atomic mass is 16.5. The predicted octanol–water partition coefficient (Wildman–Crippen LogP) is 5.12. The average Bonchev–Trinajstić information content (AvgIpc) is 3.26. The molecule has 0 radical (unpaired) electrons. The second kappa shape index (κ2) is 8.30. The van der Waals surface area contributed by atoms with Crippen LogP contribution < -0.4 is 14.2 Å². The van der Waals surface area contributed by atoms with Crippen LogP contribution in [0.2, 0.25) is 0 Å². The fourth-order valence-electron chi connectivity index (χ4n) is 4.19. The third kappa shape index (κ3) is 3.58. The summed E-state index contributed by atoms with van der Waals surface area (Å²) in [5, 5.41) is 7.08. The molecule has 2 aromatic carbocycles. The Balaban J connectivity index is 1.55. The van der Waals surface area contributed by atoms with Crippen molar-refractivity contribution in [3.05, 3.63) is 83.7 Å². The van der Waals surface area contributed by atoms with Crippen LogP contribution in [0.5, 0.6) is 17.2 Å². The number of hydrazone groups is 1. The monoisotopic (exact) mass is 415 g/mol. The Bertz CT molecular complexity index is 1080. The lowest BCUT2D eigenvalue weighted by Gasteiger charge is -2.38. The van der Waals surface area contributed by atoms with E-state index in [1.165, 1.54) is 0 Å². The van der Waals surface area contributed by atoms with Crippen LogP contribution in [-0.4, -0.2) is 28.9 Å². The molecule has 0 saturated heterocycles. The van der Waals surface area contributed by atoms with Gasteiger partial charge in [0.15, 0.2) is 11.5 Å². The number of ether oxygens (including phenoxy) is 3. The maximum Gasteiger partial charge on any atom is 0.214 e. The van der Waals surface area contributed by atoms with Crippen LogP contribution in [-0.2, 0) is 0 Å². The van der Waals surface area contributed by atoms with Crippen LogP contribution in [0, 0.1) is 0 Å². The molecule has 0 spiro atoms. The van der Waals surface area contributed by atoms with Gasteiger partial charge in [-0.15, -0.1) is 0 Å². The van der Waals surface area contributed by atoms with E-state index in [0.717, 1.165) is 46.1 Å². The minimum atomic E-state index is -0.345. The van der Waals surface area contributed by atoms with Gasteiger partial charge in [0.1, 0.15) is 5.75 Å². The van der Waals surface area contributed by atoms with Crippen LogP contribution in [0.1, 0.15) is 49.2 Å². The highest BCUT2D eigenvalue weighted by Gasteiger charge is 2.42. The van der Waals surface area contributed by atoms with Gasteiger partial charge >= 0.3 is 0 Å². The van der Waals surface area contributed by atoms with Crippen molar-refractivity contribution in [2.75, 3.05) is 13.2 Å². The van der Waals surface area contributed by atoms with Gasteiger partial charge in [-0.2, -0.15) is 5.10 Å². The SMILES string of the molecule is CCOc1ccc(C2=NN3[C@H](C2)c2cccc(OCC)c2O[C@@H]3c2ccncc2)cc1. The van der Waals surface area contributed by atoms with Gasteiger partial charge in [-0.1, -0.05) is 12.1 Å². The molecule has 31 heavy (non-hydrogen) atoms. The highest BCUT2D eigenvalue weighted by Crippen LogP contribution is 2.50. The minimum absolute atomic E-state index is 0.0730. The Morgan fingerprint density at radius 1 is 0.968 bits per heavy atom. The van der Waals surface area contributed by atoms with Crippen LogP contribution in [0.15, 0.2) is 72.1 Å². The molecule has 2 aliphatic heterocycles. The third-order valence-electron chi connectivity index (χ3n) is 5.57. The summed E-state index contributed by atoms with van der Waals surface area (Å²) in [6.07, 6.45) is 4.01. The van der Waals surface area contributed by atoms with E-state index in [0.29, 0.717) is 13.2 Å². The Morgan fingerprint density at radius 2 is 1.74 bits per heavy atom. The van der Waals surface area contributed by atoms with Crippen molar-refractivity contribution in [3.8, 4) is 17.2 Å². The first-order valence-electron chi connectivity index (χ1n) is 10.7. The molecule has 5 rings (SSSR count). The summed E-state index contributed by atoms with van der Waals surface area (Å²) in [7, 11) is 0. The largest absolute Gasteiger partial charge is 0.494 e. The summed E-state index contributed by atoms with van der Waals surface area (Å²) in [5.41, 5.74) is 4.23. The molecule has 6 nitrogen and oxygen atoms in total. The van der Waals surface area contributed by atoms with E-state index in [2.05, 4.69) is 28.2 Å². The fraction of sp³-hybridized carbons (Fsp3) is 0.280. The lowest BCUT2D eigenvalue weighted by Crippen LogP contribution is -2.33. The topological polar surface area (TPSA) is 56.2 Å². The summed E-state index contributed by atoms with van der Waals surface area (Å²) in [4.78, 5) is 4.16. The van der Waals surface area contributed by atoms with E-state index in [4.69, 9.17) is 19.3 Å². The highest BCUT2D eigenvalue weighted by molar-refractivity contribution is 6.02. The molecule has 0 bridgehead atoms. The standard InChI is InChI=1S/C25H25N3O3/c1-3-29-19-10-8-17(9-11-19)21-16-22-20-6-5-7-23(30-4-2)24(20)31-25(28(22)27-21)18-12-14-26-15-13-18/h5-15,22,25H,3-4,16H2,1-2H3/t22-,25-/m1/s1. The summed E-state index contributed by atoms with van der Waals surface area (Å²) >= 11 is 0. The number of rotatable bonds is 6. The minimum Gasteiger partial charge on any atom is -0.494 e. The molecular weight excluding hydrogens is 390 g/mol. The van der Waals surface area contributed by atoms with Gasteiger partial charge in [-0.25, -0.2) is 5.01 Å². The Kier molecular flexibility index (Phi) is 5.20. The molecule has 0 saturated carbocycles. The first-order valence-corrected chi connectivity index (χ1v) is 10.7. The molecular formula is C25H25N3O3. The van der Waals surface area contributed by atoms with Crippen LogP contribution in [0.4, 0.5) is 0 Å². The second-order valence-corrected chi connectivity index (χ2v) is 7.46. The van der Waals surface area contributed by atoms with E-state index < -0.39 is 0 Å². The molecule has 0 aliphatic carbocycles. The van der Waals surface area contributed by atoms with Gasteiger partial charge in [0.2, 0.25) is 6.23 Å². The van der Waals surface area contributed by atoms with E-state index >= 15 is 0 Å². The van der Waals surface area contributed by atoms with Crippen molar-refractivity contribution in [3.63, 3.8) is 0 Å². The number of para-hydroxylation sites is 1. The molecule has 0 unspecified atom stereocenters. The van der Waals surface area contributed by atoms with Crippen LogP contribution in [0.25, 0.3) is 0 Å². The first kappa shape index (κ1) is 19.4. The summed E-state index contributed by atoms with van der Waals surface area (Å²) < 4.78 is 18.0. The van der Waals surface area contributed by atoms with Gasteiger partial charge in [0.25, 0.3) is 0 Å². The van der Waals surface area contributed by atoms with Crippen molar-refractivity contribution >= 4 is 5.71 Å². The first-order chi connectivity index (χ1) is 15.3. The van der Waals surface area contributed by atoms with Gasteiger partial charge < -0.3 is 14.2 Å². The normalized spacial score (nSPS) is 19.2. The fourth-order valence-corrected chi connectivity index (χ4v) is 4.19. The second-order valence-electron chi connectivity index (χ2n) is 7.46. The van der Waals surface area contributed by atoms with Crippen LogP contribution in [0.3, 0.4) is 0 Å². The van der Waals surface area contributed by atoms with Crippen molar-refractivity contribution in [1.82, 2.24) is 9.99 Å². The molecule has 3 heterocycles. The quantitative estimate of drug-likeness (QED) is 0.559. The molecule has 6 heteroatoms. The number of aromatic nitrogens is 1.